The molecule has 0 spiro atoms. The van der Waals surface area contributed by atoms with Crippen molar-refractivity contribution >= 4 is 12.1 Å². The zero-order valence-electron chi connectivity index (χ0n) is 16.0. The molecule has 0 aliphatic rings. The van der Waals surface area contributed by atoms with E-state index in [2.05, 4.69) is 12.2 Å². The van der Waals surface area contributed by atoms with Crippen molar-refractivity contribution in [3.8, 4) is 0 Å². The Morgan fingerprint density at radius 2 is 1.54 bits per heavy atom. The molecule has 5 heteroatoms. The average Bonchev–Trinajstić information content (AvgIpc) is 2.66. The van der Waals surface area contributed by atoms with Gasteiger partial charge in [0, 0.05) is 6.54 Å². The summed E-state index contributed by atoms with van der Waals surface area (Å²) in [6, 6.07) is 9.45. The van der Waals surface area contributed by atoms with Crippen molar-refractivity contribution in [1.82, 2.24) is 5.32 Å². The van der Waals surface area contributed by atoms with Gasteiger partial charge in [-0.3, -0.25) is 4.79 Å². The second-order valence-corrected chi connectivity index (χ2v) is 6.43. The maximum Gasteiger partial charge on any atom is 0.407 e. The minimum Gasteiger partial charge on any atom is -0.466 e. The highest BCUT2D eigenvalue weighted by Crippen LogP contribution is 2.08. The molecule has 0 bridgehead atoms. The van der Waals surface area contributed by atoms with Crippen molar-refractivity contribution in [2.24, 2.45) is 0 Å². The number of hydrogen-bond acceptors (Lipinski definition) is 4. The molecule has 1 N–H and O–H groups in total. The number of benzene rings is 1. The van der Waals surface area contributed by atoms with Crippen LogP contribution < -0.4 is 5.32 Å². The van der Waals surface area contributed by atoms with Crippen LogP contribution in [0.15, 0.2) is 30.3 Å². The first kappa shape index (κ1) is 22.0. The number of carbonyl (C=O) groups excluding carboxylic acids is 2. The van der Waals surface area contributed by atoms with Crippen LogP contribution >= 0.6 is 0 Å². The fourth-order valence-corrected chi connectivity index (χ4v) is 2.53. The fraction of sp³-hybridized carbons (Fsp3) is 0.619. The number of hydrogen-bond donors (Lipinski definition) is 1. The third kappa shape index (κ3) is 12.3. The van der Waals surface area contributed by atoms with Gasteiger partial charge in [0.1, 0.15) is 6.61 Å². The minimum absolute atomic E-state index is 0.164. The smallest absolute Gasteiger partial charge is 0.407 e. The number of unbranched alkanes of at least 4 members (excludes halogenated alkanes) is 7. The quantitative estimate of drug-likeness (QED) is 0.374. The zero-order chi connectivity index (χ0) is 18.9. The first-order valence-electron chi connectivity index (χ1n) is 9.82. The van der Waals surface area contributed by atoms with Crippen molar-refractivity contribution in [2.45, 2.75) is 71.3 Å². The number of nitrogens with one attached hydrogen (secondary N) is 1. The fourth-order valence-electron chi connectivity index (χ4n) is 2.53. The van der Waals surface area contributed by atoms with Crippen molar-refractivity contribution in [3.63, 3.8) is 0 Å². The van der Waals surface area contributed by atoms with Crippen molar-refractivity contribution in [3.05, 3.63) is 35.9 Å². The zero-order valence-corrected chi connectivity index (χ0v) is 16.0. The van der Waals surface area contributed by atoms with Gasteiger partial charge in [-0.15, -0.1) is 0 Å². The van der Waals surface area contributed by atoms with Crippen LogP contribution in [0.5, 0.6) is 0 Å². The molecule has 0 aliphatic heterocycles. The summed E-state index contributed by atoms with van der Waals surface area (Å²) in [6.07, 6.45) is 9.35. The van der Waals surface area contributed by atoms with Gasteiger partial charge in [-0.1, -0.05) is 82.2 Å². The summed E-state index contributed by atoms with van der Waals surface area (Å²) >= 11 is 0. The van der Waals surface area contributed by atoms with Crippen LogP contribution in [0, 0.1) is 0 Å². The van der Waals surface area contributed by atoms with Crippen LogP contribution in [0.4, 0.5) is 4.79 Å². The van der Waals surface area contributed by atoms with Crippen LogP contribution in [-0.2, 0) is 20.9 Å². The van der Waals surface area contributed by atoms with Gasteiger partial charge in [-0.2, -0.15) is 0 Å². The minimum atomic E-state index is -0.523. The molecule has 0 heterocycles. The highest BCUT2D eigenvalue weighted by Gasteiger charge is 2.06. The van der Waals surface area contributed by atoms with Gasteiger partial charge in [0.15, 0.2) is 0 Å². The molecule has 0 fully saturated rings. The average molecular weight is 363 g/mol. The SMILES string of the molecule is CCCCCCCCCCOC(=O)CCNC(=O)OCc1ccccc1. The van der Waals surface area contributed by atoms with Crippen LogP contribution in [0.2, 0.25) is 0 Å². The van der Waals surface area contributed by atoms with E-state index in [1.807, 2.05) is 30.3 Å². The van der Waals surface area contributed by atoms with Gasteiger partial charge in [-0.25, -0.2) is 4.79 Å². The number of esters is 1. The Labute approximate surface area is 157 Å². The number of carbonyl (C=O) groups is 2. The molecule has 5 nitrogen and oxygen atoms in total. The van der Waals surface area contributed by atoms with Crippen LogP contribution in [0.3, 0.4) is 0 Å². The van der Waals surface area contributed by atoms with E-state index in [4.69, 9.17) is 9.47 Å². The highest BCUT2D eigenvalue weighted by atomic mass is 16.5. The Bertz CT molecular complexity index is 490. The van der Waals surface area contributed by atoms with Crippen molar-refractivity contribution < 1.29 is 19.1 Å². The van der Waals surface area contributed by atoms with Crippen molar-refractivity contribution in [2.75, 3.05) is 13.2 Å². The monoisotopic (exact) mass is 363 g/mol. The molecule has 0 saturated heterocycles. The van der Waals surface area contributed by atoms with Crippen molar-refractivity contribution in [1.29, 1.82) is 0 Å². The maximum atomic E-state index is 11.6. The molecule has 26 heavy (non-hydrogen) atoms. The van der Waals surface area contributed by atoms with E-state index in [1.54, 1.807) is 0 Å². The van der Waals surface area contributed by atoms with E-state index < -0.39 is 6.09 Å². The molecule has 1 aromatic rings. The summed E-state index contributed by atoms with van der Waals surface area (Å²) in [7, 11) is 0. The molecular weight excluding hydrogens is 330 g/mol. The number of amides is 1. The third-order valence-electron chi connectivity index (χ3n) is 4.07. The number of ether oxygens (including phenoxy) is 2. The first-order chi connectivity index (χ1) is 12.7. The molecular formula is C21H33NO4. The maximum absolute atomic E-state index is 11.6. The van der Waals surface area contributed by atoms with Gasteiger partial charge in [0.2, 0.25) is 0 Å². The standard InChI is InChI=1S/C21H33NO4/c1-2-3-4-5-6-7-8-12-17-25-20(23)15-16-22-21(24)26-18-19-13-10-9-11-14-19/h9-11,13-14H,2-8,12,15-18H2,1H3,(H,22,24). The van der Waals surface area contributed by atoms with E-state index in [0.717, 1.165) is 18.4 Å². The summed E-state index contributed by atoms with van der Waals surface area (Å²) in [5.41, 5.74) is 0.924. The Morgan fingerprint density at radius 1 is 0.885 bits per heavy atom. The summed E-state index contributed by atoms with van der Waals surface area (Å²) in [4.78, 5) is 23.1. The Kier molecular flexibility index (Phi) is 12.9. The van der Waals surface area contributed by atoms with Crippen LogP contribution in [0.25, 0.3) is 0 Å². The lowest BCUT2D eigenvalue weighted by Crippen LogP contribution is -2.27. The van der Waals surface area contributed by atoms with Gasteiger partial charge in [-0.05, 0) is 12.0 Å². The molecule has 0 radical (unpaired) electrons. The Hall–Kier alpha value is -2.04. The predicted octanol–water partition coefficient (Wildman–Crippen LogP) is 4.99. The second kappa shape index (κ2) is 15.2. The predicted molar refractivity (Wildman–Crippen MR) is 103 cm³/mol. The van der Waals surface area contributed by atoms with Gasteiger partial charge in [0.05, 0.1) is 13.0 Å². The van der Waals surface area contributed by atoms with Gasteiger partial charge < -0.3 is 14.8 Å². The summed E-state index contributed by atoms with van der Waals surface area (Å²) in [6.45, 7) is 3.13. The molecule has 0 aliphatic carbocycles. The molecule has 1 amide bonds. The van der Waals surface area contributed by atoms with Gasteiger partial charge in [0.25, 0.3) is 0 Å². The molecule has 146 valence electrons. The molecule has 1 aromatic carbocycles. The molecule has 0 unspecified atom stereocenters. The molecule has 0 aromatic heterocycles. The van der Waals surface area contributed by atoms with E-state index in [1.165, 1.54) is 38.5 Å². The summed E-state index contributed by atoms with van der Waals surface area (Å²) in [5, 5.41) is 2.56. The largest absolute Gasteiger partial charge is 0.466 e. The highest BCUT2D eigenvalue weighted by molar-refractivity contribution is 5.71. The first-order valence-corrected chi connectivity index (χ1v) is 9.82. The summed E-state index contributed by atoms with van der Waals surface area (Å²) < 4.78 is 10.2. The third-order valence-corrected chi connectivity index (χ3v) is 4.07. The molecule has 1 rings (SSSR count). The molecule has 0 atom stereocenters. The van der Waals surface area contributed by atoms with E-state index in [9.17, 15) is 9.59 Å². The second-order valence-electron chi connectivity index (χ2n) is 6.43. The molecule has 0 saturated carbocycles. The Morgan fingerprint density at radius 3 is 2.23 bits per heavy atom. The van der Waals surface area contributed by atoms with E-state index >= 15 is 0 Å². The lowest BCUT2D eigenvalue weighted by Gasteiger charge is -2.07. The normalized spacial score (nSPS) is 10.3. The summed E-state index contributed by atoms with van der Waals surface area (Å²) in [5.74, 6) is -0.281. The van der Waals surface area contributed by atoms with Gasteiger partial charge >= 0.3 is 12.1 Å². The van der Waals surface area contributed by atoms with E-state index in [0.29, 0.717) is 6.61 Å². The topological polar surface area (TPSA) is 64.6 Å². The van der Waals surface area contributed by atoms with E-state index in [-0.39, 0.29) is 25.5 Å². The lowest BCUT2D eigenvalue weighted by molar-refractivity contribution is -0.143. The van der Waals surface area contributed by atoms with Crippen LogP contribution in [-0.4, -0.2) is 25.2 Å². The number of alkyl carbamates (subject to hydrolysis) is 1. The van der Waals surface area contributed by atoms with Crippen LogP contribution in [0.1, 0.15) is 70.3 Å². The Balaban J connectivity index is 1.91. The number of rotatable bonds is 14. The lowest BCUT2D eigenvalue weighted by atomic mass is 10.1.